The summed E-state index contributed by atoms with van der Waals surface area (Å²) < 4.78 is 2.49. The Bertz CT molecular complexity index is 3160. The average Bonchev–Trinajstić information content (AvgIpc) is 4.03. The van der Waals surface area contributed by atoms with Gasteiger partial charge in [-0.2, -0.15) is 0 Å². The lowest BCUT2D eigenvalue weighted by atomic mass is 10.1. The van der Waals surface area contributed by atoms with Gasteiger partial charge >= 0.3 is 17.1 Å². The van der Waals surface area contributed by atoms with Crippen LogP contribution in [0.4, 0.5) is 0 Å². The summed E-state index contributed by atoms with van der Waals surface area (Å²) in [6.45, 7) is 3.89. The summed E-state index contributed by atoms with van der Waals surface area (Å²) >= 11 is 0. The van der Waals surface area contributed by atoms with Crippen LogP contribution < -0.4 is 17.1 Å². The Balaban J connectivity index is 1.13. The minimum atomic E-state index is -1.02. The first kappa shape index (κ1) is 38.5. The second-order valence-corrected chi connectivity index (χ2v) is 15.4. The molecule has 4 heterocycles. The number of aryl methyl sites for hydroxylation is 3. The Kier molecular flexibility index (Phi) is 9.05. The van der Waals surface area contributed by atoms with Gasteiger partial charge in [-0.1, -0.05) is 54.6 Å². The summed E-state index contributed by atoms with van der Waals surface area (Å²) in [7, 11) is 0. The van der Waals surface area contributed by atoms with Crippen molar-refractivity contribution in [3.05, 3.63) is 174 Å². The molecule has 4 aromatic heterocycles. The number of nitrogens with zero attached hydrogens (tertiary/aromatic N) is 12. The van der Waals surface area contributed by atoms with Crippen LogP contribution in [-0.4, -0.2) is 74.0 Å². The monoisotopic (exact) mass is 840 g/mol. The van der Waals surface area contributed by atoms with Gasteiger partial charge in [0.2, 0.25) is 0 Å². The predicted octanol–water partition coefficient (Wildman–Crippen LogP) is 4.56. The lowest BCUT2D eigenvalue weighted by Crippen LogP contribution is -2.54. The highest BCUT2D eigenvalue weighted by atomic mass is 16.3. The number of aromatic hydroxyl groups is 3. The van der Waals surface area contributed by atoms with Gasteiger partial charge in [0.1, 0.15) is 67.4 Å². The maximum atomic E-state index is 14.6. The Labute approximate surface area is 355 Å². The maximum absolute atomic E-state index is 14.6. The van der Waals surface area contributed by atoms with Crippen LogP contribution in [0.2, 0.25) is 0 Å². The SMILES string of the molecule is Cc1cc(Cn2c(=O)n(Cc3cc(C)cc(-n4nc5ccccc5n4)c3O)c(=O)n(Cc3cc(C)cc(-n4nc5ccccc5n4)c3O)c2=O)c(O)c(-n2nc3ccccc3n2)c1. The summed E-state index contributed by atoms with van der Waals surface area (Å²) in [4.78, 5) is 47.7. The molecule has 0 aliphatic heterocycles. The fourth-order valence-electron chi connectivity index (χ4n) is 7.82. The molecule has 6 aromatic carbocycles. The molecule has 18 nitrogen and oxygen atoms in total. The zero-order valence-electron chi connectivity index (χ0n) is 33.9. The van der Waals surface area contributed by atoms with Gasteiger partial charge in [-0.3, -0.25) is 0 Å². The molecule has 0 aliphatic carbocycles. The van der Waals surface area contributed by atoms with Crippen molar-refractivity contribution in [1.82, 2.24) is 58.7 Å². The highest BCUT2D eigenvalue weighted by Gasteiger charge is 2.24. The van der Waals surface area contributed by atoms with Crippen molar-refractivity contribution in [3.63, 3.8) is 0 Å². The summed E-state index contributed by atoms with van der Waals surface area (Å²) in [5, 5.41) is 62.3. The predicted molar refractivity (Wildman–Crippen MR) is 232 cm³/mol. The van der Waals surface area contributed by atoms with Gasteiger partial charge in [0.15, 0.2) is 0 Å². The fourth-order valence-corrected chi connectivity index (χ4v) is 7.82. The van der Waals surface area contributed by atoms with E-state index in [0.29, 0.717) is 49.8 Å². The van der Waals surface area contributed by atoms with Gasteiger partial charge in [0.05, 0.1) is 19.6 Å². The van der Waals surface area contributed by atoms with Gasteiger partial charge in [0.25, 0.3) is 0 Å². The van der Waals surface area contributed by atoms with Crippen LogP contribution >= 0.6 is 0 Å². The summed E-state index contributed by atoms with van der Waals surface area (Å²) in [5.74, 6) is -0.884. The van der Waals surface area contributed by atoms with E-state index in [-0.39, 0.29) is 51.0 Å². The van der Waals surface area contributed by atoms with Gasteiger partial charge in [-0.05, 0) is 92.1 Å². The third kappa shape index (κ3) is 6.75. The molecule has 0 unspecified atom stereocenters. The van der Waals surface area contributed by atoms with Crippen molar-refractivity contribution in [1.29, 1.82) is 0 Å². The quantitative estimate of drug-likeness (QED) is 0.182. The van der Waals surface area contributed by atoms with E-state index in [4.69, 9.17) is 0 Å². The molecule has 0 bridgehead atoms. The molecule has 0 atom stereocenters. The standard InChI is InChI=1S/C45H36N12O6/c1-25-16-28(40(58)37(19-25)55-46-31-10-4-5-11-32(31)47-55)22-52-43(61)53(23-29-17-26(2)20-38(41(29)59)56-48-33-12-6-7-13-34(33)49-56)45(63)54(44(52)62)24-30-18-27(3)21-39(42(30)60)57-50-35-14-8-9-15-36(35)51-57/h4-21,58-60H,22-24H2,1-3H3. The van der Waals surface area contributed by atoms with Crippen LogP contribution in [0.3, 0.4) is 0 Å². The van der Waals surface area contributed by atoms with Crippen molar-refractivity contribution < 1.29 is 15.3 Å². The lowest BCUT2D eigenvalue weighted by Gasteiger charge is -2.18. The van der Waals surface area contributed by atoms with Crippen molar-refractivity contribution in [3.8, 4) is 34.3 Å². The summed E-state index contributed by atoms with van der Waals surface area (Å²) in [6.07, 6.45) is 0. The first-order valence-electron chi connectivity index (χ1n) is 19.8. The molecular weight excluding hydrogens is 805 g/mol. The summed E-state index contributed by atoms with van der Waals surface area (Å²) in [6, 6.07) is 31.4. The Morgan fingerprint density at radius 3 is 0.825 bits per heavy atom. The highest BCUT2D eigenvalue weighted by Crippen LogP contribution is 2.31. The van der Waals surface area contributed by atoms with E-state index in [1.165, 1.54) is 14.4 Å². The largest absolute Gasteiger partial charge is 0.505 e. The zero-order valence-corrected chi connectivity index (χ0v) is 33.9. The van der Waals surface area contributed by atoms with E-state index < -0.39 is 36.7 Å². The van der Waals surface area contributed by atoms with E-state index in [0.717, 1.165) is 13.7 Å². The molecule has 312 valence electrons. The summed E-state index contributed by atoms with van der Waals surface area (Å²) in [5.41, 5.74) is 3.58. The van der Waals surface area contributed by atoms with Crippen LogP contribution in [0.25, 0.3) is 50.2 Å². The van der Waals surface area contributed by atoms with Gasteiger partial charge in [0, 0.05) is 16.7 Å². The minimum absolute atomic E-state index is 0.164. The second-order valence-electron chi connectivity index (χ2n) is 15.4. The number of hydrogen-bond donors (Lipinski definition) is 3. The molecule has 0 aliphatic rings. The molecule has 0 saturated carbocycles. The van der Waals surface area contributed by atoms with Gasteiger partial charge in [-0.15, -0.1) is 45.0 Å². The normalized spacial score (nSPS) is 11.7. The topological polar surface area (TPSA) is 219 Å². The van der Waals surface area contributed by atoms with Crippen molar-refractivity contribution >= 4 is 33.1 Å². The number of fused-ring (bicyclic) bond motifs is 3. The number of hydrogen-bond acceptors (Lipinski definition) is 12. The average molecular weight is 841 g/mol. The van der Waals surface area contributed by atoms with Crippen molar-refractivity contribution in [2.24, 2.45) is 0 Å². The molecule has 0 saturated heterocycles. The highest BCUT2D eigenvalue weighted by molar-refractivity contribution is 5.75. The molecule has 63 heavy (non-hydrogen) atoms. The molecule has 10 rings (SSSR count). The third-order valence-electron chi connectivity index (χ3n) is 10.8. The number of phenolic OH excluding ortho intramolecular Hbond substituents is 3. The first-order chi connectivity index (χ1) is 30.4. The first-order valence-corrected chi connectivity index (χ1v) is 19.8. The van der Waals surface area contributed by atoms with Crippen molar-refractivity contribution in [2.45, 2.75) is 40.4 Å². The van der Waals surface area contributed by atoms with Gasteiger partial charge in [-0.25, -0.2) is 28.1 Å². The molecular formula is C45H36N12O6. The van der Waals surface area contributed by atoms with Crippen LogP contribution in [0.15, 0.2) is 124 Å². The van der Waals surface area contributed by atoms with Crippen LogP contribution in [-0.2, 0) is 19.6 Å². The van der Waals surface area contributed by atoms with E-state index in [2.05, 4.69) is 30.6 Å². The van der Waals surface area contributed by atoms with E-state index >= 15 is 0 Å². The molecule has 0 radical (unpaired) electrons. The molecule has 10 aromatic rings. The second kappa shape index (κ2) is 14.8. The number of benzene rings is 6. The van der Waals surface area contributed by atoms with E-state index in [1.54, 1.807) is 93.6 Å². The molecule has 3 N–H and O–H groups in total. The Hall–Kier alpha value is -8.67. The van der Waals surface area contributed by atoms with Crippen LogP contribution in [0, 0.1) is 20.8 Å². The smallest absolute Gasteiger partial charge is 0.336 e. The number of phenols is 3. The number of aromatic nitrogens is 12. The van der Waals surface area contributed by atoms with E-state index in [1.807, 2.05) is 36.4 Å². The lowest BCUT2D eigenvalue weighted by molar-refractivity contribution is 0.436. The Morgan fingerprint density at radius 2 is 0.603 bits per heavy atom. The minimum Gasteiger partial charge on any atom is -0.505 e. The molecule has 0 amide bonds. The molecule has 18 heteroatoms. The van der Waals surface area contributed by atoms with Crippen LogP contribution in [0.5, 0.6) is 17.2 Å². The maximum Gasteiger partial charge on any atom is 0.336 e. The Morgan fingerprint density at radius 1 is 0.381 bits per heavy atom. The van der Waals surface area contributed by atoms with Crippen molar-refractivity contribution in [2.75, 3.05) is 0 Å². The van der Waals surface area contributed by atoms with Crippen LogP contribution in [0.1, 0.15) is 33.4 Å². The fraction of sp³-hybridized carbons (Fsp3) is 0.133. The number of rotatable bonds is 9. The van der Waals surface area contributed by atoms with E-state index in [9.17, 15) is 29.7 Å². The third-order valence-corrected chi connectivity index (χ3v) is 10.8. The molecule has 0 spiro atoms. The van der Waals surface area contributed by atoms with Gasteiger partial charge < -0.3 is 15.3 Å². The molecule has 0 fully saturated rings. The zero-order chi connectivity index (χ0) is 43.7.